The summed E-state index contributed by atoms with van der Waals surface area (Å²) in [5, 5.41) is 1.61. The summed E-state index contributed by atoms with van der Waals surface area (Å²) in [6.45, 7) is 0. The van der Waals surface area contributed by atoms with E-state index in [4.69, 9.17) is 9.97 Å². The van der Waals surface area contributed by atoms with E-state index in [-0.39, 0.29) is 7.92 Å². The third kappa shape index (κ3) is 3.19. The molecule has 0 aromatic carbocycles. The van der Waals surface area contributed by atoms with Crippen LogP contribution in [-0.4, -0.2) is 15.6 Å². The number of hydrogen-bond donors (Lipinski definition) is 0. The molecule has 0 bridgehead atoms. The fourth-order valence-corrected chi connectivity index (χ4v) is 9.07. The molecule has 27 heavy (non-hydrogen) atoms. The van der Waals surface area contributed by atoms with E-state index in [0.29, 0.717) is 5.66 Å². The smallest absolute Gasteiger partial charge is 0.0709 e. The summed E-state index contributed by atoms with van der Waals surface area (Å²) in [4.78, 5) is 9.69. The van der Waals surface area contributed by atoms with Gasteiger partial charge < -0.3 is 0 Å². The molecule has 3 heteroatoms. The average Bonchev–Trinajstić information content (AvgIpc) is 3.11. The van der Waals surface area contributed by atoms with Crippen LogP contribution in [0.25, 0.3) is 5.31 Å². The van der Waals surface area contributed by atoms with E-state index in [1.807, 2.05) is 24.5 Å². The third-order valence-electron chi connectivity index (χ3n) is 6.30. The summed E-state index contributed by atoms with van der Waals surface area (Å²) in [5.41, 5.74) is 7.03. The molecule has 2 aromatic rings. The van der Waals surface area contributed by atoms with Crippen LogP contribution in [0.2, 0.25) is 0 Å². The first-order valence-electron chi connectivity index (χ1n) is 10.5. The molecule has 5 rings (SSSR count). The summed E-state index contributed by atoms with van der Waals surface area (Å²) in [5.74, 6) is 0. The molecular formula is C24H27N2P. The molecule has 1 unspecified atom stereocenters. The Hall–Kier alpha value is -1.79. The molecule has 138 valence electrons. The molecular weight excluding hydrogens is 347 g/mol. The second kappa shape index (κ2) is 7.68. The van der Waals surface area contributed by atoms with Gasteiger partial charge in [-0.2, -0.15) is 0 Å². The zero-order valence-electron chi connectivity index (χ0n) is 15.8. The van der Waals surface area contributed by atoms with E-state index in [1.54, 1.807) is 16.5 Å². The maximum absolute atomic E-state index is 4.85. The Balaban J connectivity index is 1.68. The Morgan fingerprint density at radius 1 is 0.852 bits per heavy atom. The first-order valence-corrected chi connectivity index (χ1v) is 12.0. The summed E-state index contributed by atoms with van der Waals surface area (Å²) < 4.78 is 0. The lowest BCUT2D eigenvalue weighted by molar-refractivity contribution is 0.511. The van der Waals surface area contributed by atoms with Gasteiger partial charge in [0.05, 0.1) is 17.0 Å². The van der Waals surface area contributed by atoms with Crippen LogP contribution in [0.5, 0.6) is 0 Å². The van der Waals surface area contributed by atoms with Crippen molar-refractivity contribution in [2.45, 2.75) is 62.7 Å². The maximum atomic E-state index is 4.85. The van der Waals surface area contributed by atoms with E-state index in [2.05, 4.69) is 30.3 Å². The van der Waals surface area contributed by atoms with Gasteiger partial charge in [0, 0.05) is 17.7 Å². The van der Waals surface area contributed by atoms with Crippen molar-refractivity contribution >= 4 is 13.2 Å². The van der Waals surface area contributed by atoms with Gasteiger partial charge in [0.25, 0.3) is 0 Å². The van der Waals surface area contributed by atoms with Crippen molar-refractivity contribution in [3.63, 3.8) is 0 Å². The van der Waals surface area contributed by atoms with Crippen molar-refractivity contribution in [2.24, 2.45) is 0 Å². The predicted molar refractivity (Wildman–Crippen MR) is 114 cm³/mol. The van der Waals surface area contributed by atoms with Crippen LogP contribution in [-0.2, 0) is 0 Å². The first kappa shape index (κ1) is 17.3. The van der Waals surface area contributed by atoms with Gasteiger partial charge in [0.1, 0.15) is 0 Å². The molecule has 0 spiro atoms. The number of allylic oxidation sites excluding steroid dienone is 3. The van der Waals surface area contributed by atoms with Gasteiger partial charge in [-0.3, -0.25) is 9.97 Å². The van der Waals surface area contributed by atoms with Gasteiger partial charge in [-0.05, 0) is 73.2 Å². The van der Waals surface area contributed by atoms with Gasteiger partial charge in [-0.15, -0.1) is 0 Å². The number of rotatable bonds is 3. The van der Waals surface area contributed by atoms with Gasteiger partial charge in [0.2, 0.25) is 0 Å². The Kier molecular flexibility index (Phi) is 4.93. The van der Waals surface area contributed by atoms with Gasteiger partial charge in [-0.25, -0.2) is 0 Å². The van der Waals surface area contributed by atoms with Gasteiger partial charge in [-0.1, -0.05) is 45.4 Å². The minimum absolute atomic E-state index is 0.307. The lowest BCUT2D eigenvalue weighted by Gasteiger charge is -2.34. The molecule has 0 amide bonds. The molecule has 3 heterocycles. The highest BCUT2D eigenvalue weighted by molar-refractivity contribution is 7.70. The Bertz CT molecular complexity index is 850. The minimum Gasteiger partial charge on any atom is -0.260 e. The number of aromatic nitrogens is 2. The summed E-state index contributed by atoms with van der Waals surface area (Å²) in [6, 6.07) is 12.9. The number of nitrogens with zero attached hydrogens (tertiary/aromatic N) is 2. The number of pyridine rings is 2. The highest BCUT2D eigenvalue weighted by Crippen LogP contribution is 2.75. The van der Waals surface area contributed by atoms with Crippen LogP contribution in [0.1, 0.15) is 68.4 Å². The van der Waals surface area contributed by atoms with Crippen molar-refractivity contribution in [3.05, 3.63) is 77.4 Å². The monoisotopic (exact) mass is 374 g/mol. The topological polar surface area (TPSA) is 25.8 Å². The van der Waals surface area contributed by atoms with Gasteiger partial charge >= 0.3 is 0 Å². The predicted octanol–water partition coefficient (Wildman–Crippen LogP) is 6.87. The lowest BCUT2D eigenvalue weighted by atomic mass is 9.89. The largest absolute Gasteiger partial charge is 0.260 e. The van der Waals surface area contributed by atoms with Crippen molar-refractivity contribution < 1.29 is 0 Å². The van der Waals surface area contributed by atoms with Crippen molar-refractivity contribution in [2.75, 3.05) is 0 Å². The molecule has 0 radical (unpaired) electrons. The molecule has 2 nitrogen and oxygen atoms in total. The summed E-state index contributed by atoms with van der Waals surface area (Å²) >= 11 is 0. The average molecular weight is 374 g/mol. The molecule has 2 aromatic heterocycles. The van der Waals surface area contributed by atoms with E-state index >= 15 is 0 Å². The van der Waals surface area contributed by atoms with Crippen LogP contribution < -0.4 is 0 Å². The van der Waals surface area contributed by atoms with E-state index in [1.165, 1.54) is 62.8 Å². The second-order valence-electron chi connectivity index (χ2n) is 7.95. The van der Waals surface area contributed by atoms with Crippen LogP contribution in [0.15, 0.2) is 66.0 Å². The normalized spacial score (nSPS) is 26.0. The molecule has 3 aliphatic rings. The molecule has 0 N–H and O–H groups in total. The fourth-order valence-electron chi connectivity index (χ4n) is 5.15. The van der Waals surface area contributed by atoms with Crippen LogP contribution in [0.3, 0.4) is 0 Å². The Morgan fingerprint density at radius 2 is 1.67 bits per heavy atom. The van der Waals surface area contributed by atoms with Crippen molar-refractivity contribution in [1.29, 1.82) is 0 Å². The van der Waals surface area contributed by atoms with E-state index in [0.717, 1.165) is 5.66 Å². The third-order valence-corrected chi connectivity index (χ3v) is 9.72. The maximum Gasteiger partial charge on any atom is 0.0709 e. The number of fused-ring (bicyclic) bond motifs is 1. The SMILES string of the molecule is C1=C2C(=C(c3ccccn3)P(C3CCCCC3)[C@@H]2c2ccccn2)CCC1. The highest BCUT2D eigenvalue weighted by atomic mass is 31.1. The molecule has 1 saturated carbocycles. The quantitative estimate of drug-likeness (QED) is 0.548. The lowest BCUT2D eigenvalue weighted by Crippen LogP contribution is -2.14. The number of hydrogen-bond acceptors (Lipinski definition) is 2. The van der Waals surface area contributed by atoms with Gasteiger partial charge in [0.15, 0.2) is 0 Å². The van der Waals surface area contributed by atoms with Crippen LogP contribution in [0.4, 0.5) is 0 Å². The van der Waals surface area contributed by atoms with Crippen molar-refractivity contribution in [1.82, 2.24) is 9.97 Å². The highest BCUT2D eigenvalue weighted by Gasteiger charge is 2.45. The minimum atomic E-state index is -0.307. The second-order valence-corrected chi connectivity index (χ2v) is 10.5. The van der Waals surface area contributed by atoms with E-state index in [9.17, 15) is 0 Å². The fraction of sp³-hybridized carbons (Fsp3) is 0.417. The zero-order chi connectivity index (χ0) is 18.1. The Morgan fingerprint density at radius 3 is 2.41 bits per heavy atom. The van der Waals surface area contributed by atoms with Crippen molar-refractivity contribution in [3.8, 4) is 0 Å². The van der Waals surface area contributed by atoms with Crippen LogP contribution in [0, 0.1) is 0 Å². The molecule has 2 aliphatic carbocycles. The molecule has 2 atom stereocenters. The molecule has 1 fully saturated rings. The van der Waals surface area contributed by atoms with Crippen LogP contribution >= 0.6 is 7.92 Å². The molecule has 1 aliphatic heterocycles. The summed E-state index contributed by atoms with van der Waals surface area (Å²) in [7, 11) is -0.307. The zero-order valence-corrected chi connectivity index (χ0v) is 16.7. The summed E-state index contributed by atoms with van der Waals surface area (Å²) in [6.07, 6.45) is 17.1. The molecule has 0 saturated heterocycles. The standard InChI is InChI=1S/C24H27N2P/c1-2-10-18(11-3-1)27-23(21-14-6-8-16-25-21)19-12-4-5-13-20(19)24(27)22-15-7-9-17-26-22/h6-9,12,14-18,23H,1-5,10-11,13H2/t23-,27?/m0/s1. The Labute approximate surface area is 163 Å². The first-order chi connectivity index (χ1) is 13.4. The van der Waals surface area contributed by atoms with E-state index < -0.39 is 0 Å².